The Hall–Kier alpha value is -0.290. The van der Waals surface area contributed by atoms with E-state index in [9.17, 15) is 13.2 Å². The minimum Gasteiger partial charge on any atom is -0.378 e. The van der Waals surface area contributed by atoms with E-state index in [2.05, 4.69) is 5.32 Å². The van der Waals surface area contributed by atoms with Crippen LogP contribution in [0.4, 0.5) is 13.2 Å². The first kappa shape index (κ1) is 13.8. The number of alkyl halides is 3. The number of hydrogen-bond donors (Lipinski definition) is 1. The highest BCUT2D eigenvalue weighted by atomic mass is 19.4. The molecule has 0 aromatic rings. The molecule has 16 heavy (non-hydrogen) atoms. The van der Waals surface area contributed by atoms with Crippen LogP contribution < -0.4 is 5.32 Å². The molecule has 5 heteroatoms. The highest BCUT2D eigenvalue weighted by molar-refractivity contribution is 4.80. The van der Waals surface area contributed by atoms with Crippen molar-refractivity contribution in [1.82, 2.24) is 5.32 Å². The van der Waals surface area contributed by atoms with E-state index in [1.54, 1.807) is 0 Å². The predicted octanol–water partition coefficient (Wildman–Crippen LogP) is 2.88. The van der Waals surface area contributed by atoms with E-state index in [1.165, 1.54) is 12.8 Å². The van der Waals surface area contributed by atoms with Crippen molar-refractivity contribution in [2.75, 3.05) is 13.2 Å². The van der Waals surface area contributed by atoms with Gasteiger partial charge in [0.1, 0.15) is 0 Å². The molecule has 0 spiro atoms. The second-order valence-electron chi connectivity index (χ2n) is 4.42. The molecule has 1 aliphatic carbocycles. The van der Waals surface area contributed by atoms with Gasteiger partial charge in [0.25, 0.3) is 0 Å². The van der Waals surface area contributed by atoms with Crippen LogP contribution in [0.5, 0.6) is 0 Å². The Morgan fingerprint density at radius 3 is 2.62 bits per heavy atom. The molecular formula is C11H20F3NO. The molecule has 1 saturated carbocycles. The summed E-state index contributed by atoms with van der Waals surface area (Å²) in [5.74, 6) is 0. The number of rotatable bonds is 8. The van der Waals surface area contributed by atoms with Gasteiger partial charge in [0.15, 0.2) is 0 Å². The van der Waals surface area contributed by atoms with Crippen LogP contribution in [0.25, 0.3) is 0 Å². The molecule has 1 fully saturated rings. The first-order valence-electron chi connectivity index (χ1n) is 5.89. The molecule has 0 radical (unpaired) electrons. The first-order valence-corrected chi connectivity index (χ1v) is 5.89. The van der Waals surface area contributed by atoms with E-state index in [0.717, 1.165) is 19.4 Å². The zero-order chi connectivity index (χ0) is 12.0. The van der Waals surface area contributed by atoms with E-state index >= 15 is 0 Å². The predicted molar refractivity (Wildman–Crippen MR) is 56.3 cm³/mol. The van der Waals surface area contributed by atoms with Gasteiger partial charge in [-0.25, -0.2) is 0 Å². The topological polar surface area (TPSA) is 21.3 Å². The Kier molecular flexibility index (Phi) is 5.55. The van der Waals surface area contributed by atoms with Crippen molar-refractivity contribution < 1.29 is 17.9 Å². The van der Waals surface area contributed by atoms with Crippen LogP contribution in [-0.2, 0) is 4.74 Å². The van der Waals surface area contributed by atoms with Gasteiger partial charge < -0.3 is 10.1 Å². The largest absolute Gasteiger partial charge is 0.391 e. The smallest absolute Gasteiger partial charge is 0.378 e. The molecule has 0 amide bonds. The lowest BCUT2D eigenvalue weighted by Crippen LogP contribution is -2.20. The number of hydrogen-bond acceptors (Lipinski definition) is 2. The minimum absolute atomic E-state index is 0.0802. The Labute approximate surface area is 94.5 Å². The van der Waals surface area contributed by atoms with Crippen molar-refractivity contribution in [3.05, 3.63) is 0 Å². The van der Waals surface area contributed by atoms with Gasteiger partial charge in [-0.3, -0.25) is 0 Å². The molecule has 0 saturated heterocycles. The highest BCUT2D eigenvalue weighted by Gasteiger charge is 2.26. The molecule has 1 rings (SSSR count). The lowest BCUT2D eigenvalue weighted by molar-refractivity contribution is -0.148. The first-order chi connectivity index (χ1) is 7.47. The van der Waals surface area contributed by atoms with Gasteiger partial charge in [-0.15, -0.1) is 0 Å². The normalized spacial score (nSPS) is 18.8. The van der Waals surface area contributed by atoms with Crippen LogP contribution in [0.2, 0.25) is 0 Å². The number of nitrogens with one attached hydrogen (secondary N) is 1. The average Bonchev–Trinajstić information content (AvgIpc) is 2.94. The minimum atomic E-state index is -4.10. The standard InChI is InChI=1S/C11H20F3NO/c1-9(16-8-6-11(12,13)14)3-2-7-15-10-4-5-10/h9-10,15H,2-8H2,1H3. The zero-order valence-electron chi connectivity index (χ0n) is 9.65. The molecule has 0 bridgehead atoms. The summed E-state index contributed by atoms with van der Waals surface area (Å²) < 4.78 is 40.5. The molecule has 0 heterocycles. The molecule has 0 aromatic heterocycles. The third kappa shape index (κ3) is 7.93. The molecule has 2 nitrogen and oxygen atoms in total. The van der Waals surface area contributed by atoms with Crippen molar-refractivity contribution in [3.8, 4) is 0 Å². The second-order valence-corrected chi connectivity index (χ2v) is 4.42. The maximum atomic E-state index is 11.8. The maximum absolute atomic E-state index is 11.8. The Morgan fingerprint density at radius 1 is 1.38 bits per heavy atom. The lowest BCUT2D eigenvalue weighted by Gasteiger charge is -2.14. The quantitative estimate of drug-likeness (QED) is 0.658. The van der Waals surface area contributed by atoms with E-state index in [-0.39, 0.29) is 12.7 Å². The van der Waals surface area contributed by atoms with Crippen molar-refractivity contribution in [2.45, 2.75) is 57.3 Å². The Bertz CT molecular complexity index is 192. The van der Waals surface area contributed by atoms with E-state index in [4.69, 9.17) is 4.74 Å². The molecule has 0 aliphatic heterocycles. The van der Waals surface area contributed by atoms with Gasteiger partial charge in [0.2, 0.25) is 0 Å². The van der Waals surface area contributed by atoms with Crippen molar-refractivity contribution in [1.29, 1.82) is 0 Å². The van der Waals surface area contributed by atoms with Crippen LogP contribution in [0.15, 0.2) is 0 Å². The summed E-state index contributed by atoms with van der Waals surface area (Å²) in [6, 6.07) is 0.696. The monoisotopic (exact) mass is 239 g/mol. The number of halogens is 3. The van der Waals surface area contributed by atoms with Gasteiger partial charge in [0.05, 0.1) is 19.1 Å². The van der Waals surface area contributed by atoms with Gasteiger partial charge >= 0.3 is 6.18 Å². The molecule has 96 valence electrons. The summed E-state index contributed by atoms with van der Waals surface area (Å²) in [7, 11) is 0. The molecular weight excluding hydrogens is 219 g/mol. The Morgan fingerprint density at radius 2 is 2.06 bits per heavy atom. The zero-order valence-corrected chi connectivity index (χ0v) is 9.65. The van der Waals surface area contributed by atoms with Gasteiger partial charge in [-0.2, -0.15) is 13.2 Å². The molecule has 1 unspecified atom stereocenters. The average molecular weight is 239 g/mol. The molecule has 1 aliphatic rings. The van der Waals surface area contributed by atoms with Gasteiger partial charge in [0, 0.05) is 6.04 Å². The molecule has 1 atom stereocenters. The van der Waals surface area contributed by atoms with Crippen LogP contribution in [0.3, 0.4) is 0 Å². The fourth-order valence-electron chi connectivity index (χ4n) is 1.44. The summed E-state index contributed by atoms with van der Waals surface area (Å²) in [6.07, 6.45) is -0.732. The maximum Gasteiger partial charge on any atom is 0.391 e. The summed E-state index contributed by atoms with van der Waals surface area (Å²) in [6.45, 7) is 2.55. The number of ether oxygens (including phenoxy) is 1. The van der Waals surface area contributed by atoms with Crippen molar-refractivity contribution in [3.63, 3.8) is 0 Å². The Balaban J connectivity index is 1.87. The van der Waals surface area contributed by atoms with Gasteiger partial charge in [-0.05, 0) is 39.2 Å². The summed E-state index contributed by atoms with van der Waals surface area (Å²) in [4.78, 5) is 0. The SMILES string of the molecule is CC(CCCNC1CC1)OCCC(F)(F)F. The van der Waals surface area contributed by atoms with E-state index in [0.29, 0.717) is 6.04 Å². The fraction of sp³-hybridized carbons (Fsp3) is 1.00. The van der Waals surface area contributed by atoms with Crippen molar-refractivity contribution in [2.24, 2.45) is 0 Å². The summed E-state index contributed by atoms with van der Waals surface area (Å²) in [5, 5.41) is 3.36. The van der Waals surface area contributed by atoms with Crippen LogP contribution >= 0.6 is 0 Å². The van der Waals surface area contributed by atoms with Gasteiger partial charge in [-0.1, -0.05) is 0 Å². The summed E-state index contributed by atoms with van der Waals surface area (Å²) in [5.41, 5.74) is 0. The highest BCUT2D eigenvalue weighted by Crippen LogP contribution is 2.20. The van der Waals surface area contributed by atoms with Crippen molar-refractivity contribution >= 4 is 0 Å². The lowest BCUT2D eigenvalue weighted by atomic mass is 10.2. The fourth-order valence-corrected chi connectivity index (χ4v) is 1.44. The van der Waals surface area contributed by atoms with Crippen LogP contribution in [0.1, 0.15) is 39.0 Å². The third-order valence-electron chi connectivity index (χ3n) is 2.59. The molecule has 1 N–H and O–H groups in total. The third-order valence-corrected chi connectivity index (χ3v) is 2.59. The molecule has 0 aromatic carbocycles. The van der Waals surface area contributed by atoms with Crippen LogP contribution in [-0.4, -0.2) is 31.5 Å². The van der Waals surface area contributed by atoms with E-state index < -0.39 is 12.6 Å². The van der Waals surface area contributed by atoms with Crippen LogP contribution in [0, 0.1) is 0 Å². The van der Waals surface area contributed by atoms with E-state index in [1.807, 2.05) is 6.92 Å². The second kappa shape index (κ2) is 6.45. The summed E-state index contributed by atoms with van der Waals surface area (Å²) >= 11 is 0.